The Kier molecular flexibility index (Phi) is 4.73. The van der Waals surface area contributed by atoms with Crippen LogP contribution in [-0.2, 0) is 4.74 Å². The van der Waals surface area contributed by atoms with Crippen LogP contribution in [0.1, 0.15) is 5.69 Å². The van der Waals surface area contributed by atoms with Crippen molar-refractivity contribution in [3.8, 4) is 0 Å². The predicted octanol–water partition coefficient (Wildman–Crippen LogP) is 2.61. The van der Waals surface area contributed by atoms with Gasteiger partial charge in [0.05, 0.1) is 18.9 Å². The van der Waals surface area contributed by atoms with Crippen LogP contribution < -0.4 is 5.32 Å². The molecular weight excluding hydrogens is 250 g/mol. The van der Waals surface area contributed by atoms with Gasteiger partial charge in [-0.25, -0.2) is 0 Å². The van der Waals surface area contributed by atoms with Crippen molar-refractivity contribution in [1.82, 2.24) is 10.2 Å². The largest absolute Gasteiger partial charge is 0.378 e. The minimum atomic E-state index is 0.521. The highest BCUT2D eigenvalue weighted by Gasteiger charge is 2.04. The molecule has 0 unspecified atom stereocenters. The number of halogens is 1. The zero-order valence-electron chi connectivity index (χ0n) is 10.3. The molecule has 0 saturated carbocycles. The summed E-state index contributed by atoms with van der Waals surface area (Å²) in [5.41, 5.74) is 0.939. The molecule has 1 N–H and O–H groups in total. The number of alkyl halides is 1. The Morgan fingerprint density at radius 2 is 1.94 bits per heavy atom. The topological polar surface area (TPSA) is 47.0 Å². The van der Waals surface area contributed by atoms with Gasteiger partial charge in [-0.15, -0.1) is 16.7 Å². The van der Waals surface area contributed by atoms with Gasteiger partial charge in [-0.2, -0.15) is 5.10 Å². The Bertz CT molecular complexity index is 519. The normalized spacial score (nSPS) is 10.8. The van der Waals surface area contributed by atoms with Crippen LogP contribution in [0.25, 0.3) is 10.8 Å². The molecule has 1 aromatic heterocycles. The SMILES string of the molecule is Cc1nnc(NCCOCCCl)c2ccccc12. The Hall–Kier alpha value is -1.39. The Labute approximate surface area is 111 Å². The second-order valence-corrected chi connectivity index (χ2v) is 4.29. The Morgan fingerprint density at radius 1 is 1.17 bits per heavy atom. The van der Waals surface area contributed by atoms with E-state index in [4.69, 9.17) is 16.3 Å². The van der Waals surface area contributed by atoms with Gasteiger partial charge in [-0.05, 0) is 6.92 Å². The lowest BCUT2D eigenvalue weighted by atomic mass is 10.1. The van der Waals surface area contributed by atoms with E-state index in [1.54, 1.807) is 0 Å². The molecule has 0 fully saturated rings. The molecule has 4 nitrogen and oxygen atoms in total. The molecule has 5 heteroatoms. The second kappa shape index (κ2) is 6.52. The molecule has 18 heavy (non-hydrogen) atoms. The molecule has 2 aromatic rings. The van der Waals surface area contributed by atoms with Crippen LogP contribution in [0.15, 0.2) is 24.3 Å². The molecule has 0 saturated heterocycles. The number of hydrogen-bond acceptors (Lipinski definition) is 4. The fraction of sp³-hybridized carbons (Fsp3) is 0.385. The number of nitrogens with one attached hydrogen (secondary N) is 1. The first-order chi connectivity index (χ1) is 8.83. The first-order valence-electron chi connectivity index (χ1n) is 5.92. The minimum absolute atomic E-state index is 0.521. The van der Waals surface area contributed by atoms with Gasteiger partial charge >= 0.3 is 0 Å². The Morgan fingerprint density at radius 3 is 2.72 bits per heavy atom. The first kappa shape index (κ1) is 13.1. The van der Waals surface area contributed by atoms with Gasteiger partial charge < -0.3 is 10.1 Å². The van der Waals surface area contributed by atoms with E-state index in [-0.39, 0.29) is 0 Å². The van der Waals surface area contributed by atoms with Crippen LogP contribution >= 0.6 is 11.6 Å². The van der Waals surface area contributed by atoms with E-state index >= 15 is 0 Å². The summed E-state index contributed by atoms with van der Waals surface area (Å²) in [5.74, 6) is 1.32. The van der Waals surface area contributed by atoms with Crippen LogP contribution in [0.4, 0.5) is 5.82 Å². The number of ether oxygens (including phenoxy) is 1. The zero-order valence-corrected chi connectivity index (χ0v) is 11.1. The highest BCUT2D eigenvalue weighted by atomic mass is 35.5. The predicted molar refractivity (Wildman–Crippen MR) is 74.3 cm³/mol. The van der Waals surface area contributed by atoms with E-state index in [0.29, 0.717) is 25.6 Å². The maximum atomic E-state index is 5.53. The highest BCUT2D eigenvalue weighted by Crippen LogP contribution is 2.21. The van der Waals surface area contributed by atoms with E-state index in [9.17, 15) is 0 Å². The first-order valence-corrected chi connectivity index (χ1v) is 6.46. The molecule has 0 spiro atoms. The lowest BCUT2D eigenvalue weighted by Gasteiger charge is -2.09. The summed E-state index contributed by atoms with van der Waals surface area (Å²) in [5, 5.41) is 13.8. The van der Waals surface area contributed by atoms with Crippen molar-refractivity contribution in [2.75, 3.05) is 31.0 Å². The minimum Gasteiger partial charge on any atom is -0.378 e. The van der Waals surface area contributed by atoms with Crippen molar-refractivity contribution >= 4 is 28.2 Å². The lowest BCUT2D eigenvalue weighted by molar-refractivity contribution is 0.160. The maximum Gasteiger partial charge on any atom is 0.156 e. The summed E-state index contributed by atoms with van der Waals surface area (Å²) in [6.07, 6.45) is 0. The van der Waals surface area contributed by atoms with Gasteiger partial charge in [0.15, 0.2) is 5.82 Å². The average molecular weight is 266 g/mol. The van der Waals surface area contributed by atoms with Gasteiger partial charge in [-0.1, -0.05) is 24.3 Å². The third-order valence-corrected chi connectivity index (χ3v) is 2.79. The summed E-state index contributed by atoms with van der Waals surface area (Å²) in [6.45, 7) is 3.83. The molecule has 0 amide bonds. The smallest absolute Gasteiger partial charge is 0.156 e. The van der Waals surface area contributed by atoms with Gasteiger partial charge in [0.2, 0.25) is 0 Å². The molecule has 0 aliphatic carbocycles. The van der Waals surface area contributed by atoms with Crippen molar-refractivity contribution in [3.63, 3.8) is 0 Å². The van der Waals surface area contributed by atoms with E-state index in [2.05, 4.69) is 21.6 Å². The van der Waals surface area contributed by atoms with Crippen molar-refractivity contribution in [2.45, 2.75) is 6.92 Å². The third-order valence-electron chi connectivity index (χ3n) is 2.63. The molecule has 0 atom stereocenters. The number of nitrogens with zero attached hydrogens (tertiary/aromatic N) is 2. The number of hydrogen-bond donors (Lipinski definition) is 1. The maximum absolute atomic E-state index is 5.53. The van der Waals surface area contributed by atoms with Crippen molar-refractivity contribution in [3.05, 3.63) is 30.0 Å². The summed E-state index contributed by atoms with van der Waals surface area (Å²) in [6, 6.07) is 8.09. The molecule has 0 bridgehead atoms. The molecule has 0 aliphatic rings. The number of benzene rings is 1. The summed E-state index contributed by atoms with van der Waals surface area (Å²) >= 11 is 5.53. The zero-order chi connectivity index (χ0) is 12.8. The van der Waals surface area contributed by atoms with Crippen molar-refractivity contribution in [2.24, 2.45) is 0 Å². The number of anilines is 1. The van der Waals surface area contributed by atoms with E-state index in [1.165, 1.54) is 0 Å². The average Bonchev–Trinajstić information content (AvgIpc) is 2.41. The summed E-state index contributed by atoms with van der Waals surface area (Å²) in [4.78, 5) is 0. The molecular formula is C13H16ClN3O. The van der Waals surface area contributed by atoms with E-state index in [1.807, 2.05) is 25.1 Å². The van der Waals surface area contributed by atoms with Gasteiger partial charge in [0.1, 0.15) is 0 Å². The third kappa shape index (κ3) is 3.09. The van der Waals surface area contributed by atoms with Gasteiger partial charge in [-0.3, -0.25) is 0 Å². The molecule has 0 radical (unpaired) electrons. The fourth-order valence-corrected chi connectivity index (χ4v) is 1.88. The van der Waals surface area contributed by atoms with Crippen LogP contribution in [0, 0.1) is 6.92 Å². The van der Waals surface area contributed by atoms with Crippen LogP contribution in [0.5, 0.6) is 0 Å². The molecule has 0 aliphatic heterocycles. The van der Waals surface area contributed by atoms with Crippen LogP contribution in [-0.4, -0.2) is 35.8 Å². The molecule has 1 aromatic carbocycles. The fourth-order valence-electron chi connectivity index (χ4n) is 1.77. The molecule has 96 valence electrons. The summed E-state index contributed by atoms with van der Waals surface area (Å²) in [7, 11) is 0. The van der Waals surface area contributed by atoms with Crippen molar-refractivity contribution < 1.29 is 4.74 Å². The van der Waals surface area contributed by atoms with Gasteiger partial charge in [0.25, 0.3) is 0 Å². The quantitative estimate of drug-likeness (QED) is 0.644. The second-order valence-electron chi connectivity index (χ2n) is 3.91. The van der Waals surface area contributed by atoms with E-state index in [0.717, 1.165) is 22.3 Å². The number of rotatable bonds is 6. The molecule has 1 heterocycles. The van der Waals surface area contributed by atoms with E-state index < -0.39 is 0 Å². The lowest BCUT2D eigenvalue weighted by Crippen LogP contribution is -2.12. The van der Waals surface area contributed by atoms with Crippen LogP contribution in [0.2, 0.25) is 0 Å². The number of aromatic nitrogens is 2. The summed E-state index contributed by atoms with van der Waals surface area (Å²) < 4.78 is 5.30. The monoisotopic (exact) mass is 265 g/mol. The highest BCUT2D eigenvalue weighted by molar-refractivity contribution is 6.17. The number of fused-ring (bicyclic) bond motifs is 1. The van der Waals surface area contributed by atoms with Crippen molar-refractivity contribution in [1.29, 1.82) is 0 Å². The Balaban J connectivity index is 2.07. The standard InChI is InChI=1S/C13H16ClN3O/c1-10-11-4-2-3-5-12(11)13(17-16-10)15-7-9-18-8-6-14/h2-5H,6-9H2,1H3,(H,15,17). The molecule has 2 rings (SSSR count). The number of aryl methyl sites for hydroxylation is 1. The van der Waals surface area contributed by atoms with Crippen LogP contribution in [0.3, 0.4) is 0 Å². The van der Waals surface area contributed by atoms with Gasteiger partial charge in [0, 0.05) is 23.2 Å².